The molecule has 1 aromatic carbocycles. The highest BCUT2D eigenvalue weighted by atomic mass is 79.9. The van der Waals surface area contributed by atoms with E-state index in [2.05, 4.69) is 31.3 Å². The van der Waals surface area contributed by atoms with Crippen LogP contribution in [-0.2, 0) is 16.1 Å². The van der Waals surface area contributed by atoms with Gasteiger partial charge in [-0.3, -0.25) is 9.59 Å². The van der Waals surface area contributed by atoms with Gasteiger partial charge < -0.3 is 10.1 Å². The minimum atomic E-state index is -0.483. The summed E-state index contributed by atoms with van der Waals surface area (Å²) in [4.78, 5) is 40.8. The zero-order valence-electron chi connectivity index (χ0n) is 15.6. The van der Waals surface area contributed by atoms with Crippen LogP contribution in [0.4, 0.5) is 5.13 Å². The third-order valence-corrected chi connectivity index (χ3v) is 5.39. The number of halogens is 1. The van der Waals surface area contributed by atoms with Gasteiger partial charge in [0.25, 0.3) is 5.56 Å². The summed E-state index contributed by atoms with van der Waals surface area (Å²) in [6, 6.07) is 10.4. The fraction of sp³-hybridized carbons (Fsp3) is 0.211. The molecule has 0 unspecified atom stereocenters. The smallest absolute Gasteiger partial charge is 0.350 e. The molecule has 1 N–H and O–H groups in total. The van der Waals surface area contributed by atoms with E-state index in [9.17, 15) is 14.4 Å². The Morgan fingerprint density at radius 1 is 1.21 bits per heavy atom. The predicted molar refractivity (Wildman–Crippen MR) is 113 cm³/mol. The second kappa shape index (κ2) is 9.10. The Hall–Kier alpha value is -2.85. The van der Waals surface area contributed by atoms with Crippen LogP contribution >= 0.6 is 27.3 Å². The highest BCUT2D eigenvalue weighted by molar-refractivity contribution is 9.10. The number of nitrogens with zero attached hydrogens (tertiary/aromatic N) is 3. The molecule has 2 heterocycles. The van der Waals surface area contributed by atoms with Crippen LogP contribution in [0.1, 0.15) is 22.3 Å². The van der Waals surface area contributed by atoms with Gasteiger partial charge in [-0.05, 0) is 32.0 Å². The molecule has 0 saturated heterocycles. The Kier molecular flexibility index (Phi) is 6.55. The van der Waals surface area contributed by atoms with Crippen LogP contribution in [0.3, 0.4) is 0 Å². The minimum absolute atomic E-state index is 0.251. The van der Waals surface area contributed by atoms with Crippen molar-refractivity contribution >= 4 is 44.3 Å². The van der Waals surface area contributed by atoms with E-state index in [1.54, 1.807) is 19.9 Å². The van der Waals surface area contributed by atoms with Gasteiger partial charge in [0.15, 0.2) is 5.13 Å². The number of carbonyl (C=O) groups is 2. The molecule has 0 aliphatic heterocycles. The van der Waals surface area contributed by atoms with Gasteiger partial charge in [-0.1, -0.05) is 39.4 Å². The fourth-order valence-electron chi connectivity index (χ4n) is 2.47. The van der Waals surface area contributed by atoms with E-state index >= 15 is 0 Å². The average Bonchev–Trinajstić information content (AvgIpc) is 3.04. The van der Waals surface area contributed by atoms with Crippen molar-refractivity contribution in [2.24, 2.45) is 0 Å². The van der Waals surface area contributed by atoms with Crippen molar-refractivity contribution in [3.8, 4) is 11.3 Å². The third kappa shape index (κ3) is 5.15. The summed E-state index contributed by atoms with van der Waals surface area (Å²) in [5.41, 5.74) is 1.45. The lowest BCUT2D eigenvalue weighted by Crippen LogP contribution is -2.29. The van der Waals surface area contributed by atoms with Crippen molar-refractivity contribution in [3.05, 3.63) is 61.8 Å². The second-order valence-electron chi connectivity index (χ2n) is 5.92. The summed E-state index contributed by atoms with van der Waals surface area (Å²) in [7, 11) is 0. The van der Waals surface area contributed by atoms with Crippen molar-refractivity contribution in [2.75, 3.05) is 11.9 Å². The molecular formula is C19H17BrN4O4S. The van der Waals surface area contributed by atoms with Crippen LogP contribution in [0.15, 0.2) is 45.7 Å². The third-order valence-electron chi connectivity index (χ3n) is 3.80. The number of nitrogens with one attached hydrogen (secondary N) is 1. The first-order valence-corrected chi connectivity index (χ1v) is 10.3. The number of aromatic nitrogens is 3. The molecule has 3 rings (SSSR count). The maximum atomic E-state index is 12.4. The first kappa shape index (κ1) is 20.9. The number of ether oxygens (including phenoxy) is 1. The van der Waals surface area contributed by atoms with Gasteiger partial charge in [0, 0.05) is 16.1 Å². The molecule has 150 valence electrons. The van der Waals surface area contributed by atoms with Crippen LogP contribution in [0.2, 0.25) is 0 Å². The summed E-state index contributed by atoms with van der Waals surface area (Å²) in [5, 5.41) is 7.12. The second-order valence-corrected chi connectivity index (χ2v) is 7.84. The van der Waals surface area contributed by atoms with Gasteiger partial charge in [-0.2, -0.15) is 5.10 Å². The van der Waals surface area contributed by atoms with Crippen LogP contribution in [0.5, 0.6) is 0 Å². The Bertz CT molecular complexity index is 1110. The van der Waals surface area contributed by atoms with Crippen molar-refractivity contribution in [1.82, 2.24) is 14.8 Å². The summed E-state index contributed by atoms with van der Waals surface area (Å²) < 4.78 is 6.97. The van der Waals surface area contributed by atoms with Crippen molar-refractivity contribution in [1.29, 1.82) is 0 Å². The molecule has 3 aromatic rings. The number of benzene rings is 1. The largest absolute Gasteiger partial charge is 0.462 e. The molecule has 2 aromatic heterocycles. The van der Waals surface area contributed by atoms with E-state index in [1.165, 1.54) is 6.07 Å². The molecule has 0 saturated carbocycles. The first-order valence-electron chi connectivity index (χ1n) is 8.66. The lowest BCUT2D eigenvalue weighted by molar-refractivity contribution is -0.117. The Balaban J connectivity index is 1.75. The fourth-order valence-corrected chi connectivity index (χ4v) is 3.61. The molecule has 10 heteroatoms. The van der Waals surface area contributed by atoms with E-state index in [-0.39, 0.29) is 18.3 Å². The van der Waals surface area contributed by atoms with Crippen LogP contribution in [0.25, 0.3) is 11.3 Å². The number of anilines is 1. The lowest BCUT2D eigenvalue weighted by Gasteiger charge is -2.07. The first-order chi connectivity index (χ1) is 13.9. The van der Waals surface area contributed by atoms with Gasteiger partial charge in [0.1, 0.15) is 11.4 Å². The summed E-state index contributed by atoms with van der Waals surface area (Å²) in [6.45, 7) is 3.34. The highest BCUT2D eigenvalue weighted by Gasteiger charge is 2.18. The molecule has 0 spiro atoms. The van der Waals surface area contributed by atoms with Crippen LogP contribution in [-0.4, -0.2) is 33.2 Å². The maximum Gasteiger partial charge on any atom is 0.350 e. The molecule has 0 bridgehead atoms. The normalized spacial score (nSPS) is 10.6. The monoisotopic (exact) mass is 476 g/mol. The van der Waals surface area contributed by atoms with Gasteiger partial charge in [0.2, 0.25) is 5.91 Å². The number of amides is 1. The Morgan fingerprint density at radius 2 is 1.93 bits per heavy atom. The number of esters is 1. The molecule has 0 aliphatic rings. The SMILES string of the molecule is CCOC(=O)c1sc(NC(=O)Cn2nc(-c3ccc(Br)cc3)ccc2=O)nc1C. The number of rotatable bonds is 6. The number of aryl methyl sites for hydroxylation is 1. The van der Waals surface area contributed by atoms with Crippen LogP contribution < -0.4 is 10.9 Å². The van der Waals surface area contributed by atoms with E-state index < -0.39 is 17.4 Å². The standard InChI is InChI=1S/C19H17BrN4O4S/c1-3-28-18(27)17-11(2)21-19(29-17)22-15(25)10-24-16(26)9-8-14(23-24)12-4-6-13(20)7-5-12/h4-9H,3,10H2,1-2H3,(H,21,22,25). The highest BCUT2D eigenvalue weighted by Crippen LogP contribution is 2.23. The van der Waals surface area contributed by atoms with Gasteiger partial charge in [0.05, 0.1) is 18.0 Å². The zero-order valence-corrected chi connectivity index (χ0v) is 18.0. The number of carbonyl (C=O) groups excluding carboxylic acids is 2. The van der Waals surface area contributed by atoms with Crippen molar-refractivity contribution in [2.45, 2.75) is 20.4 Å². The molecule has 0 radical (unpaired) electrons. The topological polar surface area (TPSA) is 103 Å². The Morgan fingerprint density at radius 3 is 2.62 bits per heavy atom. The minimum Gasteiger partial charge on any atom is -0.462 e. The maximum absolute atomic E-state index is 12.4. The number of hydrogen-bond donors (Lipinski definition) is 1. The predicted octanol–water partition coefficient (Wildman–Crippen LogP) is 3.25. The van der Waals surface area contributed by atoms with E-state index in [1.807, 2.05) is 24.3 Å². The summed E-state index contributed by atoms with van der Waals surface area (Å²) in [6.07, 6.45) is 0. The molecular weight excluding hydrogens is 460 g/mol. The average molecular weight is 477 g/mol. The van der Waals surface area contributed by atoms with Gasteiger partial charge in [-0.15, -0.1) is 0 Å². The number of thiazole rings is 1. The molecule has 0 aliphatic carbocycles. The number of hydrogen-bond acceptors (Lipinski definition) is 7. The van der Waals surface area contributed by atoms with Crippen molar-refractivity contribution < 1.29 is 14.3 Å². The van der Waals surface area contributed by atoms with E-state index in [0.29, 0.717) is 16.3 Å². The lowest BCUT2D eigenvalue weighted by atomic mass is 10.1. The molecule has 1 amide bonds. The van der Waals surface area contributed by atoms with E-state index in [0.717, 1.165) is 26.1 Å². The summed E-state index contributed by atoms with van der Waals surface area (Å²) in [5.74, 6) is -0.959. The van der Waals surface area contributed by atoms with Gasteiger partial charge in [-0.25, -0.2) is 14.5 Å². The van der Waals surface area contributed by atoms with Crippen LogP contribution in [0, 0.1) is 6.92 Å². The Labute approximate surface area is 178 Å². The molecule has 8 nitrogen and oxygen atoms in total. The van der Waals surface area contributed by atoms with E-state index in [4.69, 9.17) is 4.74 Å². The van der Waals surface area contributed by atoms with Crippen molar-refractivity contribution in [3.63, 3.8) is 0 Å². The molecule has 29 heavy (non-hydrogen) atoms. The zero-order chi connectivity index (χ0) is 21.0. The quantitative estimate of drug-likeness (QED) is 0.547. The molecule has 0 fully saturated rings. The summed E-state index contributed by atoms with van der Waals surface area (Å²) >= 11 is 4.39. The van der Waals surface area contributed by atoms with Gasteiger partial charge >= 0.3 is 5.97 Å². The molecule has 0 atom stereocenters.